The van der Waals surface area contributed by atoms with Gasteiger partial charge in [-0.25, -0.2) is 4.98 Å². The lowest BCUT2D eigenvalue weighted by Gasteiger charge is -2.35. The lowest BCUT2D eigenvalue weighted by Crippen LogP contribution is -2.54. The average molecular weight is 293 g/mol. The minimum Gasteiger partial charge on any atom is -0.389 e. The van der Waals surface area contributed by atoms with Crippen molar-refractivity contribution in [2.45, 2.75) is 32.4 Å². The van der Waals surface area contributed by atoms with Crippen LogP contribution in [0, 0.1) is 0 Å². The van der Waals surface area contributed by atoms with Gasteiger partial charge in [-0.15, -0.1) is 0 Å². The van der Waals surface area contributed by atoms with Crippen LogP contribution in [0.25, 0.3) is 0 Å². The third-order valence-corrected chi connectivity index (χ3v) is 3.53. The first-order valence-electron chi connectivity index (χ1n) is 7.39. The Morgan fingerprint density at radius 1 is 1.67 bits per heavy atom. The van der Waals surface area contributed by atoms with E-state index in [1.807, 2.05) is 17.9 Å². The summed E-state index contributed by atoms with van der Waals surface area (Å²) < 4.78 is 5.43. The van der Waals surface area contributed by atoms with E-state index in [2.05, 4.69) is 10.3 Å². The van der Waals surface area contributed by atoms with E-state index in [1.165, 1.54) is 0 Å². The Balaban J connectivity index is 2.18. The van der Waals surface area contributed by atoms with Crippen LogP contribution < -0.4 is 10.2 Å². The number of hydrogen-bond acceptors (Lipinski definition) is 5. The number of anilines is 1. The molecule has 116 valence electrons. The van der Waals surface area contributed by atoms with Crippen molar-refractivity contribution in [2.24, 2.45) is 0 Å². The Bertz CT molecular complexity index is 479. The van der Waals surface area contributed by atoms with E-state index in [4.69, 9.17) is 4.74 Å². The van der Waals surface area contributed by atoms with Crippen LogP contribution in [0.2, 0.25) is 0 Å². The third kappa shape index (κ3) is 3.92. The average Bonchev–Trinajstić information content (AvgIpc) is 2.52. The fourth-order valence-electron chi connectivity index (χ4n) is 2.31. The summed E-state index contributed by atoms with van der Waals surface area (Å²) in [6, 6.07) is 3.23. The molecule has 2 atom stereocenters. The Morgan fingerprint density at radius 2 is 2.48 bits per heavy atom. The Kier molecular flexibility index (Phi) is 5.52. The van der Waals surface area contributed by atoms with Gasteiger partial charge in [-0.3, -0.25) is 4.79 Å². The topological polar surface area (TPSA) is 74.7 Å². The van der Waals surface area contributed by atoms with E-state index >= 15 is 0 Å². The van der Waals surface area contributed by atoms with Crippen LogP contribution in [-0.4, -0.2) is 48.3 Å². The van der Waals surface area contributed by atoms with Crippen molar-refractivity contribution in [1.29, 1.82) is 0 Å². The van der Waals surface area contributed by atoms with Crippen molar-refractivity contribution < 1.29 is 14.6 Å². The summed E-state index contributed by atoms with van der Waals surface area (Å²) in [6.07, 6.45) is 2.00. The van der Waals surface area contributed by atoms with Crippen LogP contribution in [0.1, 0.15) is 31.9 Å². The standard InChI is InChI=1S/C15H23N3O3/c1-3-5-17-15(20)13-10-21-8-7-18(13)14-9-12(11(2)19)4-6-16-14/h4,6,9,11,13,19H,3,5,7-8,10H2,1-2H3,(H,17,20). The summed E-state index contributed by atoms with van der Waals surface area (Å²) in [4.78, 5) is 18.5. The molecule has 1 saturated heterocycles. The normalized spacial score (nSPS) is 20.1. The zero-order valence-corrected chi connectivity index (χ0v) is 12.6. The Hall–Kier alpha value is -1.66. The quantitative estimate of drug-likeness (QED) is 0.842. The van der Waals surface area contributed by atoms with Gasteiger partial charge in [0.1, 0.15) is 11.9 Å². The van der Waals surface area contributed by atoms with Gasteiger partial charge in [0.15, 0.2) is 0 Å². The molecule has 1 amide bonds. The first kappa shape index (κ1) is 15.7. The second kappa shape index (κ2) is 7.38. The van der Waals surface area contributed by atoms with Crippen molar-refractivity contribution in [1.82, 2.24) is 10.3 Å². The van der Waals surface area contributed by atoms with E-state index in [9.17, 15) is 9.90 Å². The van der Waals surface area contributed by atoms with Crippen molar-refractivity contribution in [2.75, 3.05) is 31.2 Å². The van der Waals surface area contributed by atoms with Crippen molar-refractivity contribution in [3.8, 4) is 0 Å². The number of amides is 1. The highest BCUT2D eigenvalue weighted by atomic mass is 16.5. The number of rotatable bonds is 5. The Labute approximate surface area is 125 Å². The molecule has 0 aliphatic carbocycles. The third-order valence-electron chi connectivity index (χ3n) is 3.53. The molecule has 0 aromatic carbocycles. The molecule has 21 heavy (non-hydrogen) atoms. The van der Waals surface area contributed by atoms with Gasteiger partial charge in [0, 0.05) is 19.3 Å². The molecule has 1 aromatic heterocycles. The summed E-state index contributed by atoms with van der Waals surface area (Å²) in [6.45, 7) is 5.92. The molecule has 2 heterocycles. The van der Waals surface area contributed by atoms with Gasteiger partial charge in [-0.2, -0.15) is 0 Å². The molecular formula is C15H23N3O3. The van der Waals surface area contributed by atoms with E-state index < -0.39 is 6.10 Å². The summed E-state index contributed by atoms with van der Waals surface area (Å²) >= 11 is 0. The van der Waals surface area contributed by atoms with Gasteiger partial charge in [0.2, 0.25) is 5.91 Å². The maximum atomic E-state index is 12.2. The number of carbonyl (C=O) groups excluding carboxylic acids is 1. The van der Waals surface area contributed by atoms with E-state index in [1.54, 1.807) is 19.2 Å². The molecule has 2 unspecified atom stereocenters. The lowest BCUT2D eigenvalue weighted by molar-refractivity contribution is -0.124. The summed E-state index contributed by atoms with van der Waals surface area (Å²) in [5.41, 5.74) is 0.791. The molecule has 0 radical (unpaired) electrons. The monoisotopic (exact) mass is 293 g/mol. The van der Waals surface area contributed by atoms with Gasteiger partial charge >= 0.3 is 0 Å². The second-order valence-corrected chi connectivity index (χ2v) is 5.20. The number of aliphatic hydroxyl groups is 1. The zero-order chi connectivity index (χ0) is 15.2. The smallest absolute Gasteiger partial charge is 0.245 e. The summed E-state index contributed by atoms with van der Waals surface area (Å²) in [5, 5.41) is 12.6. The van der Waals surface area contributed by atoms with Crippen molar-refractivity contribution >= 4 is 11.7 Å². The predicted molar refractivity (Wildman–Crippen MR) is 80.1 cm³/mol. The van der Waals surface area contributed by atoms with Gasteiger partial charge in [-0.05, 0) is 31.0 Å². The molecule has 6 heteroatoms. The van der Waals surface area contributed by atoms with E-state index in [-0.39, 0.29) is 11.9 Å². The Morgan fingerprint density at radius 3 is 3.19 bits per heavy atom. The molecule has 0 bridgehead atoms. The van der Waals surface area contributed by atoms with Crippen LogP contribution >= 0.6 is 0 Å². The highest BCUT2D eigenvalue weighted by Gasteiger charge is 2.30. The van der Waals surface area contributed by atoms with Gasteiger partial charge in [0.05, 0.1) is 19.3 Å². The number of morpholine rings is 1. The van der Waals surface area contributed by atoms with Crippen LogP contribution in [0.3, 0.4) is 0 Å². The number of pyridine rings is 1. The number of nitrogens with zero attached hydrogens (tertiary/aromatic N) is 2. The molecule has 2 rings (SSSR count). The van der Waals surface area contributed by atoms with Gasteiger partial charge in [-0.1, -0.05) is 6.92 Å². The van der Waals surface area contributed by atoms with Crippen LogP contribution in [0.5, 0.6) is 0 Å². The second-order valence-electron chi connectivity index (χ2n) is 5.20. The zero-order valence-electron chi connectivity index (χ0n) is 12.6. The number of aromatic nitrogens is 1. The predicted octanol–water partition coefficient (Wildman–Crippen LogP) is 0.866. The molecule has 0 saturated carbocycles. The molecule has 1 aliphatic rings. The fourth-order valence-corrected chi connectivity index (χ4v) is 2.31. The highest BCUT2D eigenvalue weighted by molar-refractivity contribution is 5.85. The minimum atomic E-state index is -0.555. The highest BCUT2D eigenvalue weighted by Crippen LogP contribution is 2.21. The number of hydrogen-bond donors (Lipinski definition) is 2. The molecule has 0 spiro atoms. The van der Waals surface area contributed by atoms with E-state index in [0.29, 0.717) is 32.1 Å². The van der Waals surface area contributed by atoms with Crippen molar-refractivity contribution in [3.05, 3.63) is 23.9 Å². The summed E-state index contributed by atoms with van der Waals surface area (Å²) in [5.74, 6) is 0.661. The number of aliphatic hydroxyl groups excluding tert-OH is 1. The lowest BCUT2D eigenvalue weighted by atomic mass is 10.1. The minimum absolute atomic E-state index is 0.0409. The largest absolute Gasteiger partial charge is 0.389 e. The molecule has 6 nitrogen and oxygen atoms in total. The number of carbonyl (C=O) groups is 1. The first-order valence-corrected chi connectivity index (χ1v) is 7.39. The van der Waals surface area contributed by atoms with Crippen molar-refractivity contribution in [3.63, 3.8) is 0 Å². The van der Waals surface area contributed by atoms with Gasteiger partial charge in [0.25, 0.3) is 0 Å². The maximum Gasteiger partial charge on any atom is 0.245 e. The number of nitrogens with one attached hydrogen (secondary N) is 1. The van der Waals surface area contributed by atoms with E-state index in [0.717, 1.165) is 12.0 Å². The molecule has 1 aromatic rings. The maximum absolute atomic E-state index is 12.2. The van der Waals surface area contributed by atoms with Crippen LogP contribution in [-0.2, 0) is 9.53 Å². The molecule has 1 fully saturated rings. The fraction of sp³-hybridized carbons (Fsp3) is 0.600. The molecular weight excluding hydrogens is 270 g/mol. The van der Waals surface area contributed by atoms with Crippen LogP contribution in [0.4, 0.5) is 5.82 Å². The summed E-state index contributed by atoms with van der Waals surface area (Å²) in [7, 11) is 0. The first-order chi connectivity index (χ1) is 10.1. The molecule has 2 N–H and O–H groups in total. The number of ether oxygens (including phenoxy) is 1. The van der Waals surface area contributed by atoms with Gasteiger partial charge < -0.3 is 20.1 Å². The molecule has 1 aliphatic heterocycles. The van der Waals surface area contributed by atoms with Crippen LogP contribution in [0.15, 0.2) is 18.3 Å². The SMILES string of the molecule is CCCNC(=O)C1COCCN1c1cc(C(C)O)ccn1.